The Morgan fingerprint density at radius 1 is 1.23 bits per heavy atom. The van der Waals surface area contributed by atoms with Gasteiger partial charge in [0.2, 0.25) is 5.91 Å². The maximum Gasteiger partial charge on any atom is 0.220 e. The first-order valence-corrected chi connectivity index (χ1v) is 7.61. The fourth-order valence-corrected chi connectivity index (χ4v) is 2.36. The number of carbonyl (C=O) groups excluding carboxylic acids is 1. The smallest absolute Gasteiger partial charge is 0.220 e. The van der Waals surface area contributed by atoms with Crippen LogP contribution in [0, 0.1) is 5.82 Å². The van der Waals surface area contributed by atoms with E-state index < -0.39 is 0 Å². The standard InChI is InChI=1S/C18H23FN2O/c1-18(2,15-7-5-8-16(19)13-15)14-20-17(22)9-6-12-21-10-3-4-11-21/h3-5,7-8,10-11,13H,6,9,12,14H2,1-2H3,(H,20,22). The van der Waals surface area contributed by atoms with Gasteiger partial charge in [0, 0.05) is 37.3 Å². The topological polar surface area (TPSA) is 34.0 Å². The number of nitrogens with one attached hydrogen (secondary N) is 1. The molecule has 0 aliphatic carbocycles. The van der Waals surface area contributed by atoms with Crippen molar-refractivity contribution in [1.29, 1.82) is 0 Å². The van der Waals surface area contributed by atoms with Crippen molar-refractivity contribution in [2.24, 2.45) is 0 Å². The van der Waals surface area contributed by atoms with Gasteiger partial charge in [-0.1, -0.05) is 26.0 Å². The van der Waals surface area contributed by atoms with E-state index in [1.54, 1.807) is 6.07 Å². The van der Waals surface area contributed by atoms with Crippen molar-refractivity contribution in [2.75, 3.05) is 6.54 Å². The van der Waals surface area contributed by atoms with E-state index in [9.17, 15) is 9.18 Å². The van der Waals surface area contributed by atoms with Gasteiger partial charge < -0.3 is 9.88 Å². The Bertz CT molecular complexity index is 605. The largest absolute Gasteiger partial charge is 0.355 e. The number of hydrogen-bond donors (Lipinski definition) is 1. The van der Waals surface area contributed by atoms with Gasteiger partial charge in [0.05, 0.1) is 0 Å². The maximum absolute atomic E-state index is 13.3. The number of hydrogen-bond acceptors (Lipinski definition) is 1. The highest BCUT2D eigenvalue weighted by molar-refractivity contribution is 5.75. The first-order chi connectivity index (χ1) is 10.5. The molecule has 0 saturated heterocycles. The minimum atomic E-state index is -0.293. The summed E-state index contributed by atoms with van der Waals surface area (Å²) in [6.07, 6.45) is 5.29. The molecule has 0 radical (unpaired) electrons. The molecule has 2 aromatic rings. The number of nitrogens with zero attached hydrogens (tertiary/aromatic N) is 1. The Morgan fingerprint density at radius 3 is 2.64 bits per heavy atom. The van der Waals surface area contributed by atoms with Crippen molar-refractivity contribution in [3.05, 3.63) is 60.2 Å². The average molecular weight is 302 g/mol. The molecule has 0 aliphatic rings. The van der Waals surface area contributed by atoms with Gasteiger partial charge in [-0.2, -0.15) is 0 Å². The fourth-order valence-electron chi connectivity index (χ4n) is 2.36. The molecule has 0 unspecified atom stereocenters. The number of aryl methyl sites for hydroxylation is 1. The van der Waals surface area contributed by atoms with Crippen LogP contribution in [0.2, 0.25) is 0 Å². The van der Waals surface area contributed by atoms with E-state index in [-0.39, 0.29) is 17.1 Å². The molecule has 1 aromatic heterocycles. The third kappa shape index (κ3) is 4.72. The van der Waals surface area contributed by atoms with E-state index in [1.807, 2.05) is 44.4 Å². The molecule has 0 aliphatic heterocycles. The SMILES string of the molecule is CC(C)(CNC(=O)CCCn1cccc1)c1cccc(F)c1. The predicted octanol–water partition coefficient (Wildman–Crippen LogP) is 3.50. The van der Waals surface area contributed by atoms with E-state index in [1.165, 1.54) is 12.1 Å². The van der Waals surface area contributed by atoms with E-state index in [0.29, 0.717) is 13.0 Å². The molecule has 4 heteroatoms. The van der Waals surface area contributed by atoms with Crippen LogP contribution in [0.15, 0.2) is 48.8 Å². The molecule has 1 aromatic carbocycles. The molecule has 3 nitrogen and oxygen atoms in total. The maximum atomic E-state index is 13.3. The number of rotatable bonds is 7. The summed E-state index contributed by atoms with van der Waals surface area (Å²) in [5.74, 6) is -0.208. The van der Waals surface area contributed by atoms with Crippen molar-refractivity contribution >= 4 is 5.91 Å². The van der Waals surface area contributed by atoms with Gasteiger partial charge in [0.25, 0.3) is 0 Å². The van der Waals surface area contributed by atoms with Gasteiger partial charge in [0.15, 0.2) is 0 Å². The zero-order chi connectivity index (χ0) is 16.0. The van der Waals surface area contributed by atoms with Crippen molar-refractivity contribution in [2.45, 2.75) is 38.6 Å². The van der Waals surface area contributed by atoms with E-state index in [4.69, 9.17) is 0 Å². The summed E-state index contributed by atoms with van der Waals surface area (Å²) in [5, 5.41) is 2.95. The van der Waals surface area contributed by atoms with Crippen molar-refractivity contribution in [3.8, 4) is 0 Å². The third-order valence-electron chi connectivity index (χ3n) is 3.82. The molecule has 0 atom stereocenters. The summed E-state index contributed by atoms with van der Waals surface area (Å²) in [6.45, 7) is 5.34. The molecule has 0 bridgehead atoms. The summed E-state index contributed by atoms with van der Waals surface area (Å²) >= 11 is 0. The Kier molecular flexibility index (Phi) is 5.36. The van der Waals surface area contributed by atoms with Crippen molar-refractivity contribution in [1.82, 2.24) is 9.88 Å². The highest BCUT2D eigenvalue weighted by Gasteiger charge is 2.21. The van der Waals surface area contributed by atoms with E-state index >= 15 is 0 Å². The molecule has 1 N–H and O–H groups in total. The summed E-state index contributed by atoms with van der Waals surface area (Å²) < 4.78 is 15.4. The first kappa shape index (κ1) is 16.3. The molecule has 0 spiro atoms. The highest BCUT2D eigenvalue weighted by Crippen LogP contribution is 2.22. The fraction of sp³-hybridized carbons (Fsp3) is 0.389. The van der Waals surface area contributed by atoms with Gasteiger partial charge in [-0.25, -0.2) is 4.39 Å². The second kappa shape index (κ2) is 7.25. The molecular formula is C18H23FN2O. The van der Waals surface area contributed by atoms with Gasteiger partial charge >= 0.3 is 0 Å². The van der Waals surface area contributed by atoms with Crippen LogP contribution in [0.3, 0.4) is 0 Å². The summed E-state index contributed by atoms with van der Waals surface area (Å²) in [5.41, 5.74) is 0.596. The average Bonchev–Trinajstić information content (AvgIpc) is 2.99. The summed E-state index contributed by atoms with van der Waals surface area (Å²) in [7, 11) is 0. The van der Waals surface area contributed by atoms with Gasteiger partial charge in [-0.15, -0.1) is 0 Å². The second-order valence-corrected chi connectivity index (χ2v) is 6.20. The molecule has 0 saturated carbocycles. The number of benzene rings is 1. The Labute approximate surface area is 131 Å². The number of carbonyl (C=O) groups is 1. The zero-order valence-corrected chi connectivity index (χ0v) is 13.2. The Hall–Kier alpha value is -2.10. The third-order valence-corrected chi connectivity index (χ3v) is 3.82. The van der Waals surface area contributed by atoms with E-state index in [0.717, 1.165) is 18.5 Å². The summed E-state index contributed by atoms with van der Waals surface area (Å²) in [6, 6.07) is 10.5. The van der Waals surface area contributed by atoms with Crippen LogP contribution in [0.5, 0.6) is 0 Å². The molecule has 0 fully saturated rings. The molecule has 2 rings (SSSR count). The molecular weight excluding hydrogens is 279 g/mol. The molecule has 118 valence electrons. The number of amides is 1. The lowest BCUT2D eigenvalue weighted by molar-refractivity contribution is -0.121. The molecule has 1 amide bonds. The molecule has 1 heterocycles. The van der Waals surface area contributed by atoms with Crippen LogP contribution in [-0.2, 0) is 16.8 Å². The van der Waals surface area contributed by atoms with Gasteiger partial charge in [-0.05, 0) is 36.2 Å². The van der Waals surface area contributed by atoms with Crippen molar-refractivity contribution in [3.63, 3.8) is 0 Å². The molecule has 22 heavy (non-hydrogen) atoms. The quantitative estimate of drug-likeness (QED) is 0.834. The van der Waals surface area contributed by atoms with Crippen LogP contribution >= 0.6 is 0 Å². The highest BCUT2D eigenvalue weighted by atomic mass is 19.1. The van der Waals surface area contributed by atoms with Crippen LogP contribution < -0.4 is 5.32 Å². The van der Waals surface area contributed by atoms with Crippen molar-refractivity contribution < 1.29 is 9.18 Å². The monoisotopic (exact) mass is 302 g/mol. The first-order valence-electron chi connectivity index (χ1n) is 7.61. The zero-order valence-electron chi connectivity index (χ0n) is 13.2. The van der Waals surface area contributed by atoms with Crippen LogP contribution in [0.25, 0.3) is 0 Å². The number of aromatic nitrogens is 1. The van der Waals surface area contributed by atoms with Gasteiger partial charge in [0.1, 0.15) is 5.82 Å². The lowest BCUT2D eigenvalue weighted by atomic mass is 9.84. The van der Waals surface area contributed by atoms with Crippen LogP contribution in [-0.4, -0.2) is 17.0 Å². The minimum Gasteiger partial charge on any atom is -0.355 e. The lowest BCUT2D eigenvalue weighted by Gasteiger charge is -2.25. The normalized spacial score (nSPS) is 11.4. The number of halogens is 1. The Balaban J connectivity index is 1.77. The Morgan fingerprint density at radius 2 is 1.95 bits per heavy atom. The summed E-state index contributed by atoms with van der Waals surface area (Å²) in [4.78, 5) is 11.9. The van der Waals surface area contributed by atoms with E-state index in [2.05, 4.69) is 9.88 Å². The van der Waals surface area contributed by atoms with Gasteiger partial charge in [-0.3, -0.25) is 4.79 Å². The lowest BCUT2D eigenvalue weighted by Crippen LogP contribution is -2.36. The second-order valence-electron chi connectivity index (χ2n) is 6.20. The van der Waals surface area contributed by atoms with Crippen LogP contribution in [0.1, 0.15) is 32.3 Å². The minimum absolute atomic E-state index is 0.0386. The predicted molar refractivity (Wildman–Crippen MR) is 86.1 cm³/mol. The van der Waals surface area contributed by atoms with Crippen LogP contribution in [0.4, 0.5) is 4.39 Å².